The van der Waals surface area contributed by atoms with E-state index < -0.39 is 0 Å². The van der Waals surface area contributed by atoms with Crippen molar-refractivity contribution in [2.75, 3.05) is 5.32 Å². The maximum Gasteiger partial charge on any atom is 0.259 e. The first kappa shape index (κ1) is 19.5. The third kappa shape index (κ3) is 4.13. The van der Waals surface area contributed by atoms with E-state index in [0.29, 0.717) is 11.7 Å². The highest BCUT2D eigenvalue weighted by molar-refractivity contribution is 5.54. The number of nitrogens with one attached hydrogen (secondary N) is 1. The van der Waals surface area contributed by atoms with Crippen LogP contribution in [0.3, 0.4) is 0 Å². The molecule has 3 aromatic heterocycles. The van der Waals surface area contributed by atoms with Crippen molar-refractivity contribution in [3.05, 3.63) is 47.4 Å². The van der Waals surface area contributed by atoms with Crippen molar-refractivity contribution >= 4 is 5.82 Å². The van der Waals surface area contributed by atoms with Crippen LogP contribution in [0, 0.1) is 12.3 Å². The molecule has 1 N–H and O–H groups in total. The highest BCUT2D eigenvalue weighted by Gasteiger charge is 2.34. The number of rotatable bonds is 3. The van der Waals surface area contributed by atoms with E-state index in [1.54, 1.807) is 13.1 Å². The van der Waals surface area contributed by atoms with Gasteiger partial charge in [0.25, 0.3) is 5.89 Å². The molecule has 7 nitrogen and oxygen atoms in total. The van der Waals surface area contributed by atoms with Crippen LogP contribution in [0.15, 0.2) is 29.0 Å². The number of aryl methyl sites for hydroxylation is 1. The van der Waals surface area contributed by atoms with E-state index in [1.165, 1.54) is 0 Å². The molecule has 4 rings (SSSR count). The minimum Gasteiger partial charge on any atom is -0.363 e. The summed E-state index contributed by atoms with van der Waals surface area (Å²) in [7, 11) is 0. The van der Waals surface area contributed by atoms with E-state index in [9.17, 15) is 0 Å². The van der Waals surface area contributed by atoms with E-state index in [1.807, 2.05) is 18.3 Å². The zero-order valence-corrected chi connectivity index (χ0v) is 17.9. The molecule has 3 aromatic rings. The molecule has 0 amide bonds. The van der Waals surface area contributed by atoms with Gasteiger partial charge in [-0.05, 0) is 37.3 Å². The first-order valence-corrected chi connectivity index (χ1v) is 10.0. The van der Waals surface area contributed by atoms with E-state index in [4.69, 9.17) is 9.51 Å². The molecule has 1 aliphatic carbocycles. The Morgan fingerprint density at radius 2 is 1.90 bits per heavy atom. The highest BCUT2D eigenvalue weighted by Crippen LogP contribution is 2.41. The van der Waals surface area contributed by atoms with Crippen LogP contribution in [-0.2, 0) is 11.8 Å². The Morgan fingerprint density at radius 1 is 1.10 bits per heavy atom. The Labute approximate surface area is 171 Å². The highest BCUT2D eigenvalue weighted by atomic mass is 16.5. The lowest BCUT2D eigenvalue weighted by Gasteiger charge is -2.37. The fraction of sp³-hybridized carbons (Fsp3) is 0.500. The van der Waals surface area contributed by atoms with Gasteiger partial charge in [-0.1, -0.05) is 39.8 Å². The Hall–Kier alpha value is -2.83. The van der Waals surface area contributed by atoms with Gasteiger partial charge in [0.2, 0.25) is 0 Å². The SMILES string of the molecule is Cc1noc(-c2ccc(NC3CC(C)(C)Cc4nc(C(C)(C)C)ncc43)nc2)n1. The van der Waals surface area contributed by atoms with Crippen molar-refractivity contribution in [1.29, 1.82) is 0 Å². The minimum absolute atomic E-state index is 0.0654. The van der Waals surface area contributed by atoms with E-state index >= 15 is 0 Å². The average molecular weight is 393 g/mol. The zero-order valence-electron chi connectivity index (χ0n) is 17.9. The van der Waals surface area contributed by atoms with Crippen LogP contribution in [0.4, 0.5) is 5.82 Å². The maximum atomic E-state index is 5.21. The second-order valence-corrected chi connectivity index (χ2v) is 9.67. The molecule has 0 aliphatic heterocycles. The molecule has 29 heavy (non-hydrogen) atoms. The van der Waals surface area contributed by atoms with E-state index in [0.717, 1.165) is 41.3 Å². The molecule has 7 heteroatoms. The number of hydrogen-bond acceptors (Lipinski definition) is 7. The lowest BCUT2D eigenvalue weighted by molar-refractivity contribution is 0.284. The number of fused-ring (bicyclic) bond motifs is 1. The van der Waals surface area contributed by atoms with Gasteiger partial charge in [0.15, 0.2) is 5.82 Å². The van der Waals surface area contributed by atoms with E-state index in [2.05, 4.69) is 60.0 Å². The smallest absolute Gasteiger partial charge is 0.259 e. The summed E-state index contributed by atoms with van der Waals surface area (Å²) in [6.45, 7) is 12.8. The number of aromatic nitrogens is 5. The summed E-state index contributed by atoms with van der Waals surface area (Å²) >= 11 is 0. The summed E-state index contributed by atoms with van der Waals surface area (Å²) in [5.74, 6) is 2.79. The van der Waals surface area contributed by atoms with Gasteiger partial charge in [0.05, 0.1) is 11.6 Å². The van der Waals surface area contributed by atoms with Crippen LogP contribution in [0.1, 0.15) is 70.0 Å². The molecule has 0 bridgehead atoms. The summed E-state index contributed by atoms with van der Waals surface area (Å²) in [5, 5.41) is 7.41. The predicted molar refractivity (Wildman–Crippen MR) is 111 cm³/mol. The first-order chi connectivity index (χ1) is 13.6. The Bertz CT molecular complexity index is 1020. The molecule has 1 atom stereocenters. The fourth-order valence-electron chi connectivity index (χ4n) is 3.74. The summed E-state index contributed by atoms with van der Waals surface area (Å²) in [5.41, 5.74) is 3.19. The maximum absolute atomic E-state index is 5.21. The van der Waals surface area contributed by atoms with Crippen LogP contribution in [-0.4, -0.2) is 25.1 Å². The fourth-order valence-corrected chi connectivity index (χ4v) is 3.74. The van der Waals surface area contributed by atoms with Crippen LogP contribution < -0.4 is 5.32 Å². The zero-order chi connectivity index (χ0) is 20.8. The van der Waals surface area contributed by atoms with E-state index in [-0.39, 0.29) is 16.9 Å². The summed E-state index contributed by atoms with van der Waals surface area (Å²) in [6, 6.07) is 4.00. The van der Waals surface area contributed by atoms with Crippen molar-refractivity contribution in [3.63, 3.8) is 0 Å². The molecular weight excluding hydrogens is 364 g/mol. The molecule has 0 saturated heterocycles. The third-order valence-corrected chi connectivity index (χ3v) is 5.21. The molecule has 0 fully saturated rings. The van der Waals surface area contributed by atoms with Crippen LogP contribution in [0.5, 0.6) is 0 Å². The predicted octanol–water partition coefficient (Wildman–Crippen LogP) is 4.65. The van der Waals surface area contributed by atoms with Gasteiger partial charge < -0.3 is 9.84 Å². The topological polar surface area (TPSA) is 89.6 Å². The standard InChI is InChI=1S/C22H28N6O/c1-13-25-19(29-28-13)14-7-8-18(23-11-14)26-16-9-22(5,6)10-17-15(16)12-24-20(27-17)21(2,3)4/h7-8,11-12,16H,9-10H2,1-6H3,(H,23,26). The van der Waals surface area contributed by atoms with Crippen LogP contribution >= 0.6 is 0 Å². The Balaban J connectivity index is 1.60. The van der Waals surface area contributed by atoms with Crippen molar-refractivity contribution in [2.45, 2.75) is 65.8 Å². The molecule has 1 aliphatic rings. The largest absolute Gasteiger partial charge is 0.363 e. The molecule has 0 aromatic carbocycles. The Kier molecular flexibility index (Phi) is 4.63. The van der Waals surface area contributed by atoms with Gasteiger partial charge in [0, 0.05) is 29.1 Å². The average Bonchev–Trinajstić information content (AvgIpc) is 3.06. The summed E-state index contributed by atoms with van der Waals surface area (Å²) in [4.78, 5) is 18.4. The van der Waals surface area contributed by atoms with Gasteiger partial charge in [-0.2, -0.15) is 4.98 Å². The second kappa shape index (κ2) is 6.90. The first-order valence-electron chi connectivity index (χ1n) is 10.0. The number of nitrogens with zero attached hydrogens (tertiary/aromatic N) is 5. The van der Waals surface area contributed by atoms with Gasteiger partial charge in [-0.3, -0.25) is 0 Å². The molecule has 0 saturated carbocycles. The molecule has 0 spiro atoms. The van der Waals surface area contributed by atoms with Gasteiger partial charge in [-0.25, -0.2) is 15.0 Å². The van der Waals surface area contributed by atoms with Crippen molar-refractivity contribution < 1.29 is 4.52 Å². The molecule has 0 radical (unpaired) electrons. The van der Waals surface area contributed by atoms with Crippen molar-refractivity contribution in [2.24, 2.45) is 5.41 Å². The number of anilines is 1. The number of pyridine rings is 1. The van der Waals surface area contributed by atoms with Gasteiger partial charge >= 0.3 is 0 Å². The summed E-state index contributed by atoms with van der Waals surface area (Å²) < 4.78 is 5.21. The quantitative estimate of drug-likeness (QED) is 0.693. The van der Waals surface area contributed by atoms with Gasteiger partial charge in [-0.15, -0.1) is 0 Å². The van der Waals surface area contributed by atoms with Crippen LogP contribution in [0.2, 0.25) is 0 Å². The minimum atomic E-state index is -0.0654. The third-order valence-electron chi connectivity index (χ3n) is 5.21. The van der Waals surface area contributed by atoms with Crippen molar-refractivity contribution in [3.8, 4) is 11.5 Å². The van der Waals surface area contributed by atoms with Crippen molar-refractivity contribution in [1.82, 2.24) is 25.1 Å². The van der Waals surface area contributed by atoms with Gasteiger partial charge in [0.1, 0.15) is 11.6 Å². The molecule has 1 unspecified atom stereocenters. The molecule has 152 valence electrons. The Morgan fingerprint density at radius 3 is 2.52 bits per heavy atom. The monoisotopic (exact) mass is 392 g/mol. The second-order valence-electron chi connectivity index (χ2n) is 9.67. The molecular formula is C22H28N6O. The lowest BCUT2D eigenvalue weighted by atomic mass is 9.74. The molecule has 3 heterocycles. The lowest BCUT2D eigenvalue weighted by Crippen LogP contribution is -2.32. The van der Waals surface area contributed by atoms with Crippen LogP contribution in [0.25, 0.3) is 11.5 Å². The summed E-state index contributed by atoms with van der Waals surface area (Å²) in [6.07, 6.45) is 5.69. The number of hydrogen-bond donors (Lipinski definition) is 1. The normalized spacial score (nSPS) is 18.3.